The van der Waals surface area contributed by atoms with E-state index in [9.17, 15) is 23.3 Å². The first-order chi connectivity index (χ1) is 14.7. The monoisotopic (exact) mass is 455 g/mol. The van der Waals surface area contributed by atoms with E-state index in [1.165, 1.54) is 0 Å². The van der Waals surface area contributed by atoms with Crippen molar-refractivity contribution in [3.63, 3.8) is 0 Å². The number of rotatable bonds is 7. The second-order valence-corrected chi connectivity index (χ2v) is 8.29. The quantitative estimate of drug-likeness (QED) is 0.451. The van der Waals surface area contributed by atoms with E-state index in [0.717, 1.165) is 48.8 Å². The summed E-state index contributed by atoms with van der Waals surface area (Å²) in [5.41, 5.74) is -0.634. The molecule has 0 aromatic heterocycles. The van der Waals surface area contributed by atoms with Crippen LogP contribution in [-0.4, -0.2) is 53.0 Å². The molecule has 2 atom stereocenters. The molecule has 0 spiro atoms. The fourth-order valence-corrected chi connectivity index (χ4v) is 4.56. The van der Waals surface area contributed by atoms with Crippen molar-refractivity contribution in [1.29, 1.82) is 0 Å². The van der Waals surface area contributed by atoms with E-state index in [0.29, 0.717) is 24.7 Å². The Morgan fingerprint density at radius 1 is 1.13 bits per heavy atom. The van der Waals surface area contributed by atoms with Gasteiger partial charge in [0.05, 0.1) is 16.6 Å². The lowest BCUT2D eigenvalue weighted by atomic mass is 10.2. The normalized spacial score (nSPS) is 21.5. The van der Waals surface area contributed by atoms with Gasteiger partial charge in [0.2, 0.25) is 0 Å². The number of likely N-dealkylation sites (tertiary alicyclic amines) is 2. The molecular weight excluding hydrogens is 435 g/mol. The molecule has 31 heavy (non-hydrogen) atoms. The predicted molar refractivity (Wildman–Crippen MR) is 109 cm³/mol. The molecule has 0 amide bonds. The molecule has 0 radical (unpaired) electrons. The lowest BCUT2D eigenvalue weighted by molar-refractivity contribution is -0.385. The predicted octanol–water partition coefficient (Wildman–Crippen LogP) is 4.60. The first kappa shape index (κ1) is 21.9. The van der Waals surface area contributed by atoms with E-state index in [1.807, 2.05) is 24.3 Å². The number of non-ortho nitro benzene ring substituents is 1. The van der Waals surface area contributed by atoms with Gasteiger partial charge in [0, 0.05) is 49.4 Å². The van der Waals surface area contributed by atoms with E-state index in [2.05, 4.69) is 9.80 Å². The third-order valence-electron chi connectivity index (χ3n) is 5.88. The van der Waals surface area contributed by atoms with Gasteiger partial charge in [0.15, 0.2) is 0 Å². The fourth-order valence-electron chi connectivity index (χ4n) is 4.36. The number of hydrogen-bond donors (Lipinski definition) is 0. The zero-order valence-electron chi connectivity index (χ0n) is 16.5. The minimum atomic E-state index is -4.68. The number of nitro groups is 1. The molecule has 2 heterocycles. The molecule has 0 aliphatic carbocycles. The van der Waals surface area contributed by atoms with Gasteiger partial charge in [0.1, 0.15) is 12.4 Å². The zero-order valence-corrected chi connectivity index (χ0v) is 17.3. The van der Waals surface area contributed by atoms with E-state index in [1.54, 1.807) is 0 Å². The Kier molecular flexibility index (Phi) is 6.09. The Bertz CT molecular complexity index is 972. The molecule has 2 bridgehead atoms. The van der Waals surface area contributed by atoms with Crippen molar-refractivity contribution in [1.82, 2.24) is 9.80 Å². The Hall–Kier alpha value is -2.36. The smallest absolute Gasteiger partial charge is 0.416 e. The summed E-state index contributed by atoms with van der Waals surface area (Å²) in [5.74, 6) is -0.147. The molecule has 2 aromatic carbocycles. The Labute approximate surface area is 182 Å². The van der Waals surface area contributed by atoms with Gasteiger partial charge in [-0.1, -0.05) is 29.8 Å². The van der Waals surface area contributed by atoms with Crippen LogP contribution in [0, 0.1) is 10.1 Å². The molecule has 2 aliphatic heterocycles. The maximum absolute atomic E-state index is 13.0. The second-order valence-electron chi connectivity index (χ2n) is 7.88. The van der Waals surface area contributed by atoms with Crippen LogP contribution in [0.5, 0.6) is 5.75 Å². The third-order valence-corrected chi connectivity index (χ3v) is 6.24. The summed E-state index contributed by atoms with van der Waals surface area (Å²) in [6.45, 7) is 3.24. The van der Waals surface area contributed by atoms with Crippen molar-refractivity contribution in [3.8, 4) is 5.75 Å². The van der Waals surface area contributed by atoms with E-state index >= 15 is 0 Å². The lowest BCUT2D eigenvalue weighted by Gasteiger charge is -2.34. The molecule has 2 fully saturated rings. The van der Waals surface area contributed by atoms with Gasteiger partial charge in [-0.2, -0.15) is 13.2 Å². The average Bonchev–Trinajstić information content (AvgIpc) is 3.29. The van der Waals surface area contributed by atoms with Crippen molar-refractivity contribution in [2.75, 3.05) is 26.2 Å². The number of fused-ring (bicyclic) bond motifs is 2. The summed E-state index contributed by atoms with van der Waals surface area (Å²) >= 11 is 6.26. The maximum atomic E-state index is 13.0. The van der Waals surface area contributed by atoms with Gasteiger partial charge in [-0.3, -0.25) is 19.9 Å². The number of ether oxygens (including phenoxy) is 1. The molecule has 2 aromatic rings. The maximum Gasteiger partial charge on any atom is 0.416 e. The topological polar surface area (TPSA) is 58.9 Å². The van der Waals surface area contributed by atoms with Gasteiger partial charge in [-0.15, -0.1) is 0 Å². The van der Waals surface area contributed by atoms with E-state index < -0.39 is 22.4 Å². The number of piperazine rings is 1. The van der Waals surface area contributed by atoms with Gasteiger partial charge in [0.25, 0.3) is 5.69 Å². The number of nitrogens with zero attached hydrogens (tertiary/aromatic N) is 3. The minimum absolute atomic E-state index is 0.147. The molecule has 0 N–H and O–H groups in total. The first-order valence-electron chi connectivity index (χ1n) is 9.91. The molecular formula is C21H21ClF3N3O3. The molecule has 166 valence electrons. The highest BCUT2D eigenvalue weighted by Crippen LogP contribution is 2.35. The highest BCUT2D eigenvalue weighted by atomic mass is 35.5. The molecule has 1 unspecified atom stereocenters. The minimum Gasteiger partial charge on any atom is -0.492 e. The number of benzene rings is 2. The molecule has 10 heteroatoms. The van der Waals surface area contributed by atoms with E-state index in [4.69, 9.17) is 16.3 Å². The summed E-state index contributed by atoms with van der Waals surface area (Å²) in [6, 6.07) is 10.9. The standard InChI is InChI=1S/C21H21ClF3N3O3/c22-20-4-2-1-3-14(20)11-27-13-17-9-18(27)12-26(17)5-6-31-19-8-15(21(23,24)25)7-16(10-19)28(29)30/h1-4,7-8,10,17-18H,5-6,9,11-13H2/t17-,18?/m0/s1. The first-order valence-corrected chi connectivity index (χ1v) is 10.3. The molecule has 2 aliphatic rings. The van der Waals surface area contributed by atoms with Crippen LogP contribution in [0.25, 0.3) is 0 Å². The molecule has 4 rings (SSSR count). The average molecular weight is 456 g/mol. The van der Waals surface area contributed by atoms with Crippen LogP contribution in [0.15, 0.2) is 42.5 Å². The highest BCUT2D eigenvalue weighted by molar-refractivity contribution is 6.31. The fraction of sp³-hybridized carbons (Fsp3) is 0.429. The summed E-state index contributed by atoms with van der Waals surface area (Å²) in [7, 11) is 0. The summed E-state index contributed by atoms with van der Waals surface area (Å²) in [5, 5.41) is 11.7. The Morgan fingerprint density at radius 3 is 2.48 bits per heavy atom. The van der Waals surface area contributed by atoms with E-state index in [-0.39, 0.29) is 12.4 Å². The lowest BCUT2D eigenvalue weighted by Crippen LogP contribution is -2.47. The number of hydrogen-bond acceptors (Lipinski definition) is 5. The molecule has 0 saturated carbocycles. The zero-order chi connectivity index (χ0) is 22.2. The van der Waals surface area contributed by atoms with Crippen LogP contribution in [-0.2, 0) is 12.7 Å². The number of nitro benzene ring substituents is 1. The third kappa shape index (κ3) is 4.94. The van der Waals surface area contributed by atoms with Crippen LogP contribution in [0.4, 0.5) is 18.9 Å². The number of halogens is 4. The number of alkyl halides is 3. The summed E-state index contributed by atoms with van der Waals surface area (Å²) < 4.78 is 44.5. The Balaban J connectivity index is 1.32. The van der Waals surface area contributed by atoms with Gasteiger partial charge >= 0.3 is 6.18 Å². The Morgan fingerprint density at radius 2 is 1.84 bits per heavy atom. The van der Waals surface area contributed by atoms with Crippen LogP contribution >= 0.6 is 11.6 Å². The van der Waals surface area contributed by atoms with Crippen molar-refractivity contribution in [3.05, 3.63) is 68.7 Å². The SMILES string of the molecule is O=[N+]([O-])c1cc(OCCN2CC3C[C@H]2CN3Cc2ccccc2Cl)cc(C(F)(F)F)c1. The molecule has 2 saturated heterocycles. The van der Waals surface area contributed by atoms with Gasteiger partial charge < -0.3 is 4.74 Å². The van der Waals surface area contributed by atoms with Gasteiger partial charge in [-0.25, -0.2) is 0 Å². The summed E-state index contributed by atoms with van der Waals surface area (Å²) in [6.07, 6.45) is -3.65. The largest absolute Gasteiger partial charge is 0.492 e. The van der Waals surface area contributed by atoms with Crippen LogP contribution in [0.3, 0.4) is 0 Å². The van der Waals surface area contributed by atoms with Crippen molar-refractivity contribution < 1.29 is 22.8 Å². The van der Waals surface area contributed by atoms with Crippen molar-refractivity contribution in [2.45, 2.75) is 31.2 Å². The van der Waals surface area contributed by atoms with Crippen LogP contribution in [0.1, 0.15) is 17.5 Å². The van der Waals surface area contributed by atoms with Crippen LogP contribution in [0.2, 0.25) is 5.02 Å². The highest BCUT2D eigenvalue weighted by Gasteiger charge is 2.42. The molecule has 6 nitrogen and oxygen atoms in total. The summed E-state index contributed by atoms with van der Waals surface area (Å²) in [4.78, 5) is 14.8. The van der Waals surface area contributed by atoms with Gasteiger partial charge in [-0.05, 0) is 24.1 Å². The van der Waals surface area contributed by atoms with Crippen LogP contribution < -0.4 is 4.74 Å². The van der Waals surface area contributed by atoms with Crippen molar-refractivity contribution >= 4 is 17.3 Å². The van der Waals surface area contributed by atoms with Crippen molar-refractivity contribution in [2.24, 2.45) is 0 Å². The second kappa shape index (κ2) is 8.64.